The summed E-state index contributed by atoms with van der Waals surface area (Å²) in [5.74, 6) is 0.822. The molecule has 0 saturated carbocycles. The molecule has 1 aromatic carbocycles. The predicted molar refractivity (Wildman–Crippen MR) is 95.3 cm³/mol. The van der Waals surface area contributed by atoms with Crippen molar-refractivity contribution < 1.29 is 23.8 Å². The summed E-state index contributed by atoms with van der Waals surface area (Å²) in [4.78, 5) is 26.4. The van der Waals surface area contributed by atoms with Crippen LogP contribution < -0.4 is 20.5 Å². The van der Waals surface area contributed by atoms with E-state index in [1.54, 1.807) is 18.2 Å². The van der Waals surface area contributed by atoms with E-state index in [9.17, 15) is 9.59 Å². The maximum atomic E-state index is 12.6. The molecule has 1 saturated heterocycles. The van der Waals surface area contributed by atoms with Gasteiger partial charge in [0.25, 0.3) is 5.91 Å². The molecule has 0 aromatic heterocycles. The van der Waals surface area contributed by atoms with Gasteiger partial charge in [0.15, 0.2) is 11.5 Å². The third kappa shape index (κ3) is 4.25. The zero-order valence-corrected chi connectivity index (χ0v) is 14.9. The van der Waals surface area contributed by atoms with Gasteiger partial charge in [-0.05, 0) is 31.9 Å². The van der Waals surface area contributed by atoms with Crippen LogP contribution >= 0.6 is 0 Å². The lowest BCUT2D eigenvalue weighted by Crippen LogP contribution is -2.43. The van der Waals surface area contributed by atoms with Crippen LogP contribution in [-0.2, 0) is 14.3 Å². The van der Waals surface area contributed by atoms with Gasteiger partial charge < -0.3 is 30.2 Å². The summed E-state index contributed by atoms with van der Waals surface area (Å²) < 4.78 is 16.6. The molecule has 0 radical (unpaired) electrons. The van der Waals surface area contributed by atoms with Crippen molar-refractivity contribution in [1.82, 2.24) is 4.90 Å². The van der Waals surface area contributed by atoms with Gasteiger partial charge in [-0.25, -0.2) is 0 Å². The van der Waals surface area contributed by atoms with Crippen molar-refractivity contribution in [2.45, 2.75) is 32.0 Å². The van der Waals surface area contributed by atoms with Crippen molar-refractivity contribution >= 4 is 17.5 Å². The molecule has 3 rings (SSSR count). The molecule has 0 aliphatic carbocycles. The second-order valence-corrected chi connectivity index (χ2v) is 6.32. The number of nitrogens with two attached hydrogens (primary N) is 1. The number of anilines is 1. The lowest BCUT2D eigenvalue weighted by Gasteiger charge is -2.24. The van der Waals surface area contributed by atoms with E-state index in [4.69, 9.17) is 19.9 Å². The fourth-order valence-electron chi connectivity index (χ4n) is 3.10. The van der Waals surface area contributed by atoms with Crippen LogP contribution in [0.3, 0.4) is 0 Å². The number of nitrogens with zero attached hydrogens (tertiary/aromatic N) is 1. The molecule has 1 aromatic rings. The number of amides is 2. The number of carbonyl (C=O) groups is 2. The topological polar surface area (TPSA) is 103 Å². The molecular formula is C18H25N3O5. The average Bonchev–Trinajstić information content (AvgIpc) is 3.14. The maximum Gasteiger partial charge on any atom is 0.252 e. The lowest BCUT2D eigenvalue weighted by molar-refractivity contribution is -0.144. The van der Waals surface area contributed by atoms with E-state index in [1.807, 2.05) is 6.92 Å². The largest absolute Gasteiger partial charge is 0.486 e. The third-order valence-corrected chi connectivity index (χ3v) is 4.50. The van der Waals surface area contributed by atoms with Crippen LogP contribution in [0.1, 0.15) is 19.8 Å². The molecule has 2 aliphatic rings. The Morgan fingerprint density at radius 1 is 1.23 bits per heavy atom. The van der Waals surface area contributed by atoms with Gasteiger partial charge in [-0.3, -0.25) is 9.59 Å². The molecule has 0 unspecified atom stereocenters. The van der Waals surface area contributed by atoms with Crippen molar-refractivity contribution in [3.05, 3.63) is 18.2 Å². The highest BCUT2D eigenvalue weighted by atomic mass is 16.6. The molecule has 8 nitrogen and oxygen atoms in total. The predicted octanol–water partition coefficient (Wildman–Crippen LogP) is 0.751. The summed E-state index contributed by atoms with van der Waals surface area (Å²) in [7, 11) is 0. The van der Waals surface area contributed by atoms with Crippen LogP contribution in [0.4, 0.5) is 5.69 Å². The van der Waals surface area contributed by atoms with Gasteiger partial charge in [-0.2, -0.15) is 0 Å². The fraction of sp³-hybridized carbons (Fsp3) is 0.556. The van der Waals surface area contributed by atoms with E-state index >= 15 is 0 Å². The van der Waals surface area contributed by atoms with E-state index < -0.39 is 6.10 Å². The molecule has 8 heteroatoms. The van der Waals surface area contributed by atoms with E-state index in [1.165, 1.54) is 4.90 Å². The number of carbonyl (C=O) groups excluding carboxylic acids is 2. The third-order valence-electron chi connectivity index (χ3n) is 4.50. The van der Waals surface area contributed by atoms with E-state index in [2.05, 4.69) is 5.32 Å². The number of likely N-dealkylation sites (N-methyl/N-ethyl adjacent to an activating group) is 1. The Kier molecular flexibility index (Phi) is 5.95. The molecule has 2 heterocycles. The molecule has 1 fully saturated rings. The minimum Gasteiger partial charge on any atom is -0.486 e. The van der Waals surface area contributed by atoms with Crippen molar-refractivity contribution in [3.8, 4) is 11.5 Å². The fourth-order valence-corrected chi connectivity index (χ4v) is 3.10. The van der Waals surface area contributed by atoms with Crippen LogP contribution in [0.5, 0.6) is 11.5 Å². The van der Waals surface area contributed by atoms with E-state index in [0.29, 0.717) is 49.9 Å². The summed E-state index contributed by atoms with van der Waals surface area (Å²) in [6, 6.07) is 5.22. The monoisotopic (exact) mass is 363 g/mol. The van der Waals surface area contributed by atoms with Crippen molar-refractivity contribution in [1.29, 1.82) is 0 Å². The molecule has 0 spiro atoms. The first-order valence-corrected chi connectivity index (χ1v) is 8.94. The van der Waals surface area contributed by atoms with Crippen molar-refractivity contribution in [2.75, 3.05) is 38.2 Å². The van der Waals surface area contributed by atoms with Gasteiger partial charge in [-0.1, -0.05) is 0 Å². The standard InChI is InChI=1S/C18H25N3O5/c1-2-21(18(23)15-6-4-13(10-19)26-15)11-17(22)20-12-3-5-14-16(9-12)25-8-7-24-14/h3,5,9,13,15H,2,4,6-8,10-11,19H2,1H3,(H,20,22)/t13-,15+/m1/s1. The second-order valence-electron chi connectivity index (χ2n) is 6.32. The number of hydrogen-bond donors (Lipinski definition) is 2. The van der Waals surface area contributed by atoms with Crippen LogP contribution in [0.15, 0.2) is 18.2 Å². The van der Waals surface area contributed by atoms with E-state index in [-0.39, 0.29) is 24.5 Å². The smallest absolute Gasteiger partial charge is 0.252 e. The summed E-state index contributed by atoms with van der Waals surface area (Å²) in [6.45, 7) is 3.64. The summed E-state index contributed by atoms with van der Waals surface area (Å²) in [5, 5.41) is 2.79. The Bertz CT molecular complexity index is 666. The van der Waals surface area contributed by atoms with Gasteiger partial charge >= 0.3 is 0 Å². The Labute approximate surface area is 152 Å². The first-order valence-electron chi connectivity index (χ1n) is 8.94. The first kappa shape index (κ1) is 18.5. The lowest BCUT2D eigenvalue weighted by atomic mass is 10.2. The molecule has 26 heavy (non-hydrogen) atoms. The highest BCUT2D eigenvalue weighted by Gasteiger charge is 2.33. The minimum absolute atomic E-state index is 0.0308. The summed E-state index contributed by atoms with van der Waals surface area (Å²) in [6.07, 6.45) is 0.828. The number of rotatable bonds is 6. The van der Waals surface area contributed by atoms with Crippen LogP contribution in [0.25, 0.3) is 0 Å². The summed E-state index contributed by atoms with van der Waals surface area (Å²) >= 11 is 0. The molecule has 2 aliphatic heterocycles. The van der Waals surface area contributed by atoms with Crippen LogP contribution in [0.2, 0.25) is 0 Å². The molecule has 0 bridgehead atoms. The van der Waals surface area contributed by atoms with Crippen LogP contribution in [-0.4, -0.2) is 61.8 Å². The second kappa shape index (κ2) is 8.37. The van der Waals surface area contributed by atoms with Gasteiger partial charge in [0.05, 0.1) is 12.6 Å². The van der Waals surface area contributed by atoms with Gasteiger partial charge in [0.1, 0.15) is 19.3 Å². The Balaban J connectivity index is 1.56. The molecule has 3 N–H and O–H groups in total. The Morgan fingerprint density at radius 3 is 2.69 bits per heavy atom. The number of fused-ring (bicyclic) bond motifs is 1. The van der Waals surface area contributed by atoms with Crippen molar-refractivity contribution in [2.24, 2.45) is 5.73 Å². The summed E-state index contributed by atoms with van der Waals surface area (Å²) in [5.41, 5.74) is 6.19. The maximum absolute atomic E-state index is 12.6. The van der Waals surface area contributed by atoms with Crippen LogP contribution in [0, 0.1) is 0 Å². The number of hydrogen-bond acceptors (Lipinski definition) is 6. The van der Waals surface area contributed by atoms with Gasteiger partial charge in [-0.15, -0.1) is 0 Å². The highest BCUT2D eigenvalue weighted by Crippen LogP contribution is 2.32. The van der Waals surface area contributed by atoms with Gasteiger partial charge in [0.2, 0.25) is 5.91 Å². The molecule has 2 atom stereocenters. The van der Waals surface area contributed by atoms with Crippen molar-refractivity contribution in [3.63, 3.8) is 0 Å². The molecular weight excluding hydrogens is 338 g/mol. The minimum atomic E-state index is -0.509. The SMILES string of the molecule is CCN(CC(=O)Nc1ccc2c(c1)OCCO2)C(=O)[C@@H]1CC[C@H](CN)O1. The average molecular weight is 363 g/mol. The van der Waals surface area contributed by atoms with E-state index in [0.717, 1.165) is 6.42 Å². The quantitative estimate of drug-likeness (QED) is 0.773. The number of ether oxygens (including phenoxy) is 3. The highest BCUT2D eigenvalue weighted by molar-refractivity contribution is 5.95. The Morgan fingerprint density at radius 2 is 2.00 bits per heavy atom. The number of benzene rings is 1. The molecule has 2 amide bonds. The van der Waals surface area contributed by atoms with Gasteiger partial charge in [0, 0.05) is 24.8 Å². The first-order chi connectivity index (χ1) is 12.6. The zero-order valence-electron chi connectivity index (χ0n) is 14.9. The zero-order chi connectivity index (χ0) is 18.5. The normalized spacial score (nSPS) is 21.3. The number of nitrogens with one attached hydrogen (secondary N) is 1. The Hall–Kier alpha value is -2.32. The molecule has 142 valence electrons.